The van der Waals surface area contributed by atoms with E-state index < -0.39 is 0 Å². The molecule has 0 saturated carbocycles. The van der Waals surface area contributed by atoms with Gasteiger partial charge < -0.3 is 19.2 Å². The summed E-state index contributed by atoms with van der Waals surface area (Å²) in [7, 11) is 1.65. The lowest BCUT2D eigenvalue weighted by Gasteiger charge is -2.15. The summed E-state index contributed by atoms with van der Waals surface area (Å²) in [5.41, 5.74) is 5.72. The van der Waals surface area contributed by atoms with E-state index >= 15 is 0 Å². The van der Waals surface area contributed by atoms with Crippen molar-refractivity contribution in [2.75, 3.05) is 19.0 Å². The molecule has 2 heterocycles. The van der Waals surface area contributed by atoms with E-state index in [1.165, 1.54) is 0 Å². The molecule has 168 valence electrons. The molecule has 0 unspecified atom stereocenters. The first kappa shape index (κ1) is 22.1. The van der Waals surface area contributed by atoms with E-state index in [0.717, 1.165) is 44.5 Å². The van der Waals surface area contributed by atoms with Crippen LogP contribution >= 0.6 is 0 Å². The van der Waals surface area contributed by atoms with Crippen molar-refractivity contribution in [3.8, 4) is 22.6 Å². The van der Waals surface area contributed by atoms with Gasteiger partial charge in [-0.1, -0.05) is 18.2 Å². The first-order valence-electron chi connectivity index (χ1n) is 10.7. The van der Waals surface area contributed by atoms with E-state index in [1.807, 2.05) is 51.1 Å². The average Bonchev–Trinajstić information content (AvgIpc) is 3.25. The number of carbonyl (C=O) groups excluding carboxylic acids is 1. The van der Waals surface area contributed by atoms with Gasteiger partial charge in [0.2, 0.25) is 5.91 Å². The first-order chi connectivity index (χ1) is 16.0. The zero-order valence-corrected chi connectivity index (χ0v) is 19.1. The standard InChI is InChI=1S/C27H26N2O4/c1-5-32-26-18(3)27-22(23(16-33-27)20-10-6-7-11-24(20)31-4)14-21(26)17(2)13-25(30)29-19-9-8-12-28-15-19/h6-16H,5H2,1-4H3,(H,29,30)/b17-13+. The number of pyridine rings is 1. The number of hydrogen-bond acceptors (Lipinski definition) is 5. The molecule has 4 rings (SSSR count). The van der Waals surface area contributed by atoms with E-state index in [0.29, 0.717) is 18.0 Å². The fourth-order valence-corrected chi connectivity index (χ4v) is 3.90. The van der Waals surface area contributed by atoms with Gasteiger partial charge >= 0.3 is 0 Å². The van der Waals surface area contributed by atoms with Gasteiger partial charge in [-0.05, 0) is 50.6 Å². The fraction of sp³-hybridized carbons (Fsp3) is 0.185. The Morgan fingerprint density at radius 1 is 1.18 bits per heavy atom. The third kappa shape index (κ3) is 4.46. The lowest BCUT2D eigenvalue weighted by Crippen LogP contribution is -2.09. The number of nitrogens with one attached hydrogen (secondary N) is 1. The van der Waals surface area contributed by atoms with Gasteiger partial charge in [0, 0.05) is 39.9 Å². The summed E-state index contributed by atoms with van der Waals surface area (Å²) in [5, 5.41) is 3.77. The molecule has 2 aromatic heterocycles. The van der Waals surface area contributed by atoms with Gasteiger partial charge in [-0.15, -0.1) is 0 Å². The third-order valence-electron chi connectivity index (χ3n) is 5.43. The number of anilines is 1. The predicted octanol–water partition coefficient (Wildman–Crippen LogP) is 6.25. The fourth-order valence-electron chi connectivity index (χ4n) is 3.90. The van der Waals surface area contributed by atoms with Crippen LogP contribution in [0.4, 0.5) is 5.69 Å². The second-order valence-electron chi connectivity index (χ2n) is 7.60. The molecule has 4 aromatic rings. The van der Waals surface area contributed by atoms with Crippen molar-refractivity contribution in [2.45, 2.75) is 20.8 Å². The van der Waals surface area contributed by atoms with Crippen LogP contribution in [0.15, 0.2) is 71.6 Å². The quantitative estimate of drug-likeness (QED) is 0.342. The topological polar surface area (TPSA) is 73.6 Å². The van der Waals surface area contributed by atoms with Gasteiger partial charge in [-0.25, -0.2) is 0 Å². The zero-order valence-electron chi connectivity index (χ0n) is 19.1. The Morgan fingerprint density at radius 2 is 2.00 bits per heavy atom. The van der Waals surface area contributed by atoms with Gasteiger partial charge in [-0.3, -0.25) is 9.78 Å². The third-order valence-corrected chi connectivity index (χ3v) is 5.43. The van der Waals surface area contributed by atoms with Crippen LogP contribution in [0.2, 0.25) is 0 Å². The van der Waals surface area contributed by atoms with Gasteiger partial charge in [0.05, 0.1) is 31.9 Å². The molecule has 2 aromatic carbocycles. The molecule has 0 spiro atoms. The van der Waals surface area contributed by atoms with Crippen LogP contribution in [-0.4, -0.2) is 24.6 Å². The zero-order chi connectivity index (χ0) is 23.4. The number of carbonyl (C=O) groups is 1. The number of rotatable bonds is 7. The summed E-state index contributed by atoms with van der Waals surface area (Å²) in [4.78, 5) is 16.7. The van der Waals surface area contributed by atoms with Gasteiger partial charge in [0.15, 0.2) is 0 Å². The number of aromatic nitrogens is 1. The largest absolute Gasteiger partial charge is 0.496 e. The molecule has 0 bridgehead atoms. The highest BCUT2D eigenvalue weighted by atomic mass is 16.5. The van der Waals surface area contributed by atoms with Crippen LogP contribution in [0.3, 0.4) is 0 Å². The van der Waals surface area contributed by atoms with Crippen LogP contribution in [-0.2, 0) is 4.79 Å². The smallest absolute Gasteiger partial charge is 0.248 e. The minimum Gasteiger partial charge on any atom is -0.496 e. The predicted molar refractivity (Wildman–Crippen MR) is 131 cm³/mol. The highest BCUT2D eigenvalue weighted by Gasteiger charge is 2.20. The highest BCUT2D eigenvalue weighted by molar-refractivity contribution is 6.06. The molecule has 0 aliphatic heterocycles. The summed E-state index contributed by atoms with van der Waals surface area (Å²) in [5.74, 6) is 1.23. The van der Waals surface area contributed by atoms with Crippen molar-refractivity contribution in [1.29, 1.82) is 0 Å². The number of allylic oxidation sites excluding steroid dienone is 1. The lowest BCUT2D eigenvalue weighted by atomic mass is 9.96. The molecular weight excluding hydrogens is 416 g/mol. The van der Waals surface area contributed by atoms with E-state index in [9.17, 15) is 4.79 Å². The van der Waals surface area contributed by atoms with Crippen LogP contribution in [0.5, 0.6) is 11.5 Å². The van der Waals surface area contributed by atoms with E-state index in [1.54, 1.807) is 44.0 Å². The first-order valence-corrected chi connectivity index (χ1v) is 10.7. The maximum atomic E-state index is 12.6. The number of furan rings is 1. The molecule has 0 saturated heterocycles. The minimum atomic E-state index is -0.238. The number of ether oxygens (including phenoxy) is 2. The number of fused-ring (bicyclic) bond motifs is 1. The number of amides is 1. The Hall–Kier alpha value is -4.06. The summed E-state index contributed by atoms with van der Waals surface area (Å²) in [6.07, 6.45) is 6.57. The molecule has 6 nitrogen and oxygen atoms in total. The second kappa shape index (κ2) is 9.61. The molecule has 1 N–H and O–H groups in total. The normalized spacial score (nSPS) is 11.5. The molecule has 33 heavy (non-hydrogen) atoms. The van der Waals surface area contributed by atoms with Crippen molar-refractivity contribution in [2.24, 2.45) is 0 Å². The average molecular weight is 443 g/mol. The summed E-state index contributed by atoms with van der Waals surface area (Å²) >= 11 is 0. The number of nitrogens with zero attached hydrogens (tertiary/aromatic N) is 1. The molecule has 1 amide bonds. The van der Waals surface area contributed by atoms with Crippen molar-refractivity contribution in [3.63, 3.8) is 0 Å². The number of methoxy groups -OCH3 is 1. The number of para-hydroxylation sites is 1. The van der Waals surface area contributed by atoms with Gasteiger partial charge in [0.1, 0.15) is 17.1 Å². The van der Waals surface area contributed by atoms with Crippen LogP contribution in [0, 0.1) is 6.92 Å². The van der Waals surface area contributed by atoms with Gasteiger partial charge in [0.25, 0.3) is 0 Å². The second-order valence-corrected chi connectivity index (χ2v) is 7.60. The minimum absolute atomic E-state index is 0.238. The number of hydrogen-bond donors (Lipinski definition) is 1. The molecule has 0 radical (unpaired) electrons. The monoisotopic (exact) mass is 442 g/mol. The molecule has 6 heteroatoms. The van der Waals surface area contributed by atoms with Gasteiger partial charge in [-0.2, -0.15) is 0 Å². The number of aryl methyl sites for hydroxylation is 1. The molecule has 0 aliphatic rings. The van der Waals surface area contributed by atoms with E-state index in [2.05, 4.69) is 10.3 Å². The summed E-state index contributed by atoms with van der Waals surface area (Å²) < 4.78 is 17.5. The highest BCUT2D eigenvalue weighted by Crippen LogP contribution is 2.42. The number of benzene rings is 2. The SMILES string of the molecule is CCOc1c(/C(C)=C/C(=O)Nc2cccnc2)cc2c(-c3ccccc3OC)coc2c1C. The maximum absolute atomic E-state index is 12.6. The molecule has 0 atom stereocenters. The molecular formula is C27H26N2O4. The van der Waals surface area contributed by atoms with Crippen LogP contribution < -0.4 is 14.8 Å². The Morgan fingerprint density at radius 3 is 2.73 bits per heavy atom. The Balaban J connectivity index is 1.82. The van der Waals surface area contributed by atoms with Crippen molar-refractivity contribution >= 4 is 28.1 Å². The Labute approximate surface area is 192 Å². The lowest BCUT2D eigenvalue weighted by molar-refractivity contribution is -0.111. The molecule has 0 aliphatic carbocycles. The van der Waals surface area contributed by atoms with Crippen LogP contribution in [0.25, 0.3) is 27.7 Å². The van der Waals surface area contributed by atoms with E-state index in [4.69, 9.17) is 13.9 Å². The van der Waals surface area contributed by atoms with Crippen molar-refractivity contribution < 1.29 is 18.7 Å². The summed E-state index contributed by atoms with van der Waals surface area (Å²) in [6.45, 7) is 6.29. The maximum Gasteiger partial charge on any atom is 0.248 e. The van der Waals surface area contributed by atoms with E-state index in [-0.39, 0.29) is 5.91 Å². The van der Waals surface area contributed by atoms with Crippen LogP contribution in [0.1, 0.15) is 25.0 Å². The Bertz CT molecular complexity index is 1320. The van der Waals surface area contributed by atoms with Crippen molar-refractivity contribution in [1.82, 2.24) is 4.98 Å². The van der Waals surface area contributed by atoms with Crippen molar-refractivity contribution in [3.05, 3.63) is 78.3 Å². The summed E-state index contributed by atoms with van der Waals surface area (Å²) in [6, 6.07) is 13.4. The molecule has 0 fully saturated rings. The Kier molecular flexibility index (Phi) is 6.45.